The summed E-state index contributed by atoms with van der Waals surface area (Å²) in [6, 6.07) is 2.93. The van der Waals surface area contributed by atoms with Crippen molar-refractivity contribution in [1.82, 2.24) is 0 Å². The minimum Gasteiger partial charge on any atom is -0.350 e. The Bertz CT molecular complexity index is 447. The van der Waals surface area contributed by atoms with Crippen molar-refractivity contribution in [2.75, 3.05) is 13.2 Å². The summed E-state index contributed by atoms with van der Waals surface area (Å²) in [5, 5.41) is -0.0934. The molecule has 92 valence electrons. The Labute approximate surface area is 111 Å². The molecule has 2 rings (SSSR count). The lowest BCUT2D eigenvalue weighted by atomic mass is 10.1. The summed E-state index contributed by atoms with van der Waals surface area (Å²) in [5.74, 6) is -1.10. The SMILES string of the molecule is O=C(CC1OCCO1)c1ccc(Br)c(Cl)c1F. The number of hydrogen-bond acceptors (Lipinski definition) is 3. The van der Waals surface area contributed by atoms with Crippen LogP contribution in [0.5, 0.6) is 0 Å². The average Bonchev–Trinajstić information content (AvgIpc) is 2.78. The number of halogens is 3. The fraction of sp³-hybridized carbons (Fsp3) is 0.364. The molecule has 1 saturated heterocycles. The monoisotopic (exact) mass is 322 g/mol. The van der Waals surface area contributed by atoms with Crippen molar-refractivity contribution in [3.05, 3.63) is 33.0 Å². The molecule has 0 unspecified atom stereocenters. The highest BCUT2D eigenvalue weighted by Crippen LogP contribution is 2.28. The Balaban J connectivity index is 2.16. The number of Topliss-reactive ketones (excluding diaryl/α,β-unsaturated/α-hetero) is 1. The molecule has 0 amide bonds. The van der Waals surface area contributed by atoms with E-state index in [1.807, 2.05) is 0 Å². The van der Waals surface area contributed by atoms with Gasteiger partial charge in [-0.05, 0) is 28.1 Å². The van der Waals surface area contributed by atoms with Crippen molar-refractivity contribution in [2.45, 2.75) is 12.7 Å². The van der Waals surface area contributed by atoms with Gasteiger partial charge < -0.3 is 9.47 Å². The molecule has 1 fully saturated rings. The lowest BCUT2D eigenvalue weighted by Gasteiger charge is -2.09. The highest BCUT2D eigenvalue weighted by Gasteiger charge is 2.23. The molecule has 0 spiro atoms. The van der Waals surface area contributed by atoms with E-state index >= 15 is 0 Å². The average molecular weight is 324 g/mol. The quantitative estimate of drug-likeness (QED) is 0.633. The van der Waals surface area contributed by atoms with Gasteiger partial charge in [0.2, 0.25) is 0 Å². The van der Waals surface area contributed by atoms with Crippen molar-refractivity contribution < 1.29 is 18.7 Å². The number of hydrogen-bond donors (Lipinski definition) is 0. The van der Waals surface area contributed by atoms with Crippen molar-refractivity contribution in [2.24, 2.45) is 0 Å². The molecule has 0 saturated carbocycles. The zero-order chi connectivity index (χ0) is 12.4. The van der Waals surface area contributed by atoms with Crippen LogP contribution in [0.25, 0.3) is 0 Å². The smallest absolute Gasteiger partial charge is 0.170 e. The third-order valence-corrected chi connectivity index (χ3v) is 3.64. The van der Waals surface area contributed by atoms with Gasteiger partial charge in [0.25, 0.3) is 0 Å². The van der Waals surface area contributed by atoms with E-state index in [-0.39, 0.29) is 22.8 Å². The van der Waals surface area contributed by atoms with E-state index in [4.69, 9.17) is 21.1 Å². The molecule has 1 aliphatic rings. The molecular formula is C11H9BrClFO3. The van der Waals surface area contributed by atoms with Crippen LogP contribution in [0.15, 0.2) is 16.6 Å². The molecule has 1 aromatic carbocycles. The maximum atomic E-state index is 13.7. The molecule has 6 heteroatoms. The largest absolute Gasteiger partial charge is 0.350 e. The summed E-state index contributed by atoms with van der Waals surface area (Å²) in [7, 11) is 0. The first-order valence-corrected chi connectivity index (χ1v) is 6.16. The topological polar surface area (TPSA) is 35.5 Å². The van der Waals surface area contributed by atoms with Gasteiger partial charge in [0, 0.05) is 4.47 Å². The van der Waals surface area contributed by atoms with Crippen LogP contribution >= 0.6 is 27.5 Å². The summed E-state index contributed by atoms with van der Waals surface area (Å²) >= 11 is 8.79. The van der Waals surface area contributed by atoms with E-state index in [0.29, 0.717) is 17.7 Å². The second-order valence-electron chi connectivity index (χ2n) is 3.52. The van der Waals surface area contributed by atoms with E-state index < -0.39 is 12.1 Å². The van der Waals surface area contributed by atoms with E-state index in [9.17, 15) is 9.18 Å². The van der Waals surface area contributed by atoms with E-state index in [2.05, 4.69) is 15.9 Å². The summed E-state index contributed by atoms with van der Waals surface area (Å²) in [6.45, 7) is 0.920. The van der Waals surface area contributed by atoms with Gasteiger partial charge in [-0.2, -0.15) is 0 Å². The van der Waals surface area contributed by atoms with Gasteiger partial charge >= 0.3 is 0 Å². The van der Waals surface area contributed by atoms with Gasteiger partial charge in [0.05, 0.1) is 30.2 Å². The highest BCUT2D eigenvalue weighted by molar-refractivity contribution is 9.10. The Morgan fingerprint density at radius 1 is 1.47 bits per heavy atom. The van der Waals surface area contributed by atoms with Crippen LogP contribution in [-0.4, -0.2) is 25.3 Å². The van der Waals surface area contributed by atoms with E-state index in [1.54, 1.807) is 0 Å². The van der Waals surface area contributed by atoms with Gasteiger partial charge in [-0.25, -0.2) is 4.39 Å². The predicted molar refractivity (Wildman–Crippen MR) is 63.7 cm³/mol. The van der Waals surface area contributed by atoms with Crippen molar-refractivity contribution >= 4 is 33.3 Å². The minimum atomic E-state index is -0.718. The van der Waals surface area contributed by atoms with Crippen molar-refractivity contribution in [3.8, 4) is 0 Å². The van der Waals surface area contributed by atoms with Crippen LogP contribution < -0.4 is 0 Å². The number of rotatable bonds is 3. The number of carbonyl (C=O) groups excluding carboxylic acids is 1. The standard InChI is InChI=1S/C11H9BrClFO3/c12-7-2-1-6(11(14)10(7)13)8(15)5-9-16-3-4-17-9/h1-2,9H,3-5H2. The predicted octanol–water partition coefficient (Wildman–Crippen LogP) is 3.19. The zero-order valence-corrected chi connectivity index (χ0v) is 11.1. The number of benzene rings is 1. The molecule has 1 aliphatic heterocycles. The third kappa shape index (κ3) is 2.85. The van der Waals surface area contributed by atoms with Crippen LogP contribution in [0, 0.1) is 5.82 Å². The molecule has 17 heavy (non-hydrogen) atoms. The molecule has 0 aromatic heterocycles. The summed E-state index contributed by atoms with van der Waals surface area (Å²) < 4.78 is 24.4. The Morgan fingerprint density at radius 3 is 2.76 bits per heavy atom. The number of carbonyl (C=O) groups is 1. The Hall–Kier alpha value is -0.490. The van der Waals surface area contributed by atoms with Gasteiger partial charge in [0.1, 0.15) is 0 Å². The zero-order valence-electron chi connectivity index (χ0n) is 8.71. The maximum absolute atomic E-state index is 13.7. The normalized spacial score (nSPS) is 16.4. The molecule has 0 atom stereocenters. The second kappa shape index (κ2) is 5.44. The fourth-order valence-electron chi connectivity index (χ4n) is 1.53. The molecule has 1 heterocycles. The van der Waals surface area contributed by atoms with Crippen LogP contribution in [-0.2, 0) is 9.47 Å². The first kappa shape index (κ1) is 13.0. The maximum Gasteiger partial charge on any atom is 0.170 e. The number of ketones is 1. The molecule has 0 radical (unpaired) electrons. The van der Waals surface area contributed by atoms with E-state index in [1.165, 1.54) is 12.1 Å². The summed E-state index contributed by atoms with van der Waals surface area (Å²) in [6.07, 6.45) is -0.584. The van der Waals surface area contributed by atoms with Gasteiger partial charge in [-0.1, -0.05) is 11.6 Å². The van der Waals surface area contributed by atoms with Crippen LogP contribution in [0.3, 0.4) is 0 Å². The van der Waals surface area contributed by atoms with Gasteiger partial charge in [-0.3, -0.25) is 4.79 Å². The molecule has 0 aliphatic carbocycles. The molecule has 3 nitrogen and oxygen atoms in total. The lowest BCUT2D eigenvalue weighted by Crippen LogP contribution is -2.15. The number of ether oxygens (including phenoxy) is 2. The van der Waals surface area contributed by atoms with Crippen molar-refractivity contribution in [1.29, 1.82) is 0 Å². The molecule has 0 N–H and O–H groups in total. The van der Waals surface area contributed by atoms with Gasteiger partial charge in [-0.15, -0.1) is 0 Å². The second-order valence-corrected chi connectivity index (χ2v) is 4.75. The van der Waals surface area contributed by atoms with Gasteiger partial charge in [0.15, 0.2) is 17.9 Å². The fourth-order valence-corrected chi connectivity index (χ4v) is 2.00. The molecule has 1 aromatic rings. The summed E-state index contributed by atoms with van der Waals surface area (Å²) in [5.41, 5.74) is -0.0442. The Morgan fingerprint density at radius 2 is 2.12 bits per heavy atom. The first-order valence-electron chi connectivity index (χ1n) is 4.99. The Kier molecular flexibility index (Phi) is 4.14. The van der Waals surface area contributed by atoms with Crippen LogP contribution in [0.2, 0.25) is 5.02 Å². The minimum absolute atomic E-state index is 0.00508. The third-order valence-electron chi connectivity index (χ3n) is 2.38. The highest BCUT2D eigenvalue weighted by atomic mass is 79.9. The van der Waals surface area contributed by atoms with Crippen molar-refractivity contribution in [3.63, 3.8) is 0 Å². The van der Waals surface area contributed by atoms with E-state index in [0.717, 1.165) is 0 Å². The summed E-state index contributed by atoms with van der Waals surface area (Å²) in [4.78, 5) is 11.8. The van der Waals surface area contributed by atoms with Crippen LogP contribution in [0.1, 0.15) is 16.8 Å². The lowest BCUT2D eigenvalue weighted by molar-refractivity contribution is -0.0408. The molecular weight excluding hydrogens is 314 g/mol. The first-order chi connectivity index (χ1) is 8.09. The molecule has 0 bridgehead atoms. The van der Waals surface area contributed by atoms with Crippen LogP contribution in [0.4, 0.5) is 4.39 Å².